The van der Waals surface area contributed by atoms with E-state index in [1.54, 1.807) is 4.90 Å². The van der Waals surface area contributed by atoms with Crippen molar-refractivity contribution in [2.45, 2.75) is 44.7 Å². The van der Waals surface area contributed by atoms with Crippen LogP contribution < -0.4 is 0 Å². The number of hydrogen-bond acceptors (Lipinski definition) is 2. The monoisotopic (exact) mass is 446 g/mol. The molecule has 0 aliphatic carbocycles. The van der Waals surface area contributed by atoms with Gasteiger partial charge in [-0.15, -0.1) is 0 Å². The fraction of sp³-hybridized carbons (Fsp3) is 0.440. The first-order chi connectivity index (χ1) is 15.2. The number of rotatable bonds is 7. The van der Waals surface area contributed by atoms with E-state index >= 15 is 0 Å². The maximum Gasteiger partial charge on any atom is 0.416 e. The van der Waals surface area contributed by atoms with E-state index < -0.39 is 11.7 Å². The van der Waals surface area contributed by atoms with Gasteiger partial charge in [0.1, 0.15) is 0 Å². The number of halogens is 3. The molecule has 7 heteroatoms. The summed E-state index contributed by atoms with van der Waals surface area (Å²) in [6.07, 6.45) is -1.97. The second-order valence-corrected chi connectivity index (χ2v) is 8.33. The van der Waals surface area contributed by atoms with Crippen LogP contribution in [0.25, 0.3) is 0 Å². The number of aryl methyl sites for hydroxylation is 1. The number of alkyl halides is 3. The third-order valence-corrected chi connectivity index (χ3v) is 5.97. The van der Waals surface area contributed by atoms with Gasteiger partial charge in [-0.2, -0.15) is 13.2 Å². The zero-order chi connectivity index (χ0) is 23.1. The summed E-state index contributed by atoms with van der Waals surface area (Å²) in [4.78, 5) is 28.7. The van der Waals surface area contributed by atoms with Gasteiger partial charge in [0.25, 0.3) is 0 Å². The Kier molecular flexibility index (Phi) is 7.94. The average molecular weight is 447 g/mol. The molecule has 172 valence electrons. The Bertz CT molecular complexity index is 890. The van der Waals surface area contributed by atoms with Gasteiger partial charge < -0.3 is 9.80 Å². The zero-order valence-electron chi connectivity index (χ0n) is 18.3. The molecular formula is C25H29F3N2O2. The molecule has 1 atom stereocenters. The van der Waals surface area contributed by atoms with Crippen LogP contribution in [-0.2, 0) is 22.2 Å². The summed E-state index contributed by atoms with van der Waals surface area (Å²) in [7, 11) is 0. The van der Waals surface area contributed by atoms with E-state index in [9.17, 15) is 22.8 Å². The van der Waals surface area contributed by atoms with E-state index in [4.69, 9.17) is 0 Å². The Morgan fingerprint density at radius 3 is 2.00 bits per heavy atom. The van der Waals surface area contributed by atoms with Crippen LogP contribution in [0.3, 0.4) is 0 Å². The van der Waals surface area contributed by atoms with Gasteiger partial charge in [0.15, 0.2) is 0 Å². The highest BCUT2D eigenvalue weighted by molar-refractivity contribution is 5.79. The molecule has 1 aliphatic rings. The van der Waals surface area contributed by atoms with Crippen LogP contribution in [0, 0.1) is 0 Å². The maximum absolute atomic E-state index is 12.7. The van der Waals surface area contributed by atoms with Gasteiger partial charge in [-0.25, -0.2) is 0 Å². The normalized spacial score (nSPS) is 15.5. The molecule has 0 bridgehead atoms. The predicted octanol–water partition coefficient (Wildman–Crippen LogP) is 4.89. The van der Waals surface area contributed by atoms with Crippen LogP contribution in [0.2, 0.25) is 0 Å². The van der Waals surface area contributed by atoms with Gasteiger partial charge >= 0.3 is 6.18 Å². The van der Waals surface area contributed by atoms with E-state index in [1.807, 2.05) is 30.0 Å². The molecule has 32 heavy (non-hydrogen) atoms. The summed E-state index contributed by atoms with van der Waals surface area (Å²) < 4.78 is 38.2. The van der Waals surface area contributed by atoms with E-state index in [0.29, 0.717) is 38.2 Å². The highest BCUT2D eigenvalue weighted by Crippen LogP contribution is 2.30. The van der Waals surface area contributed by atoms with Gasteiger partial charge in [0.2, 0.25) is 11.8 Å². The molecule has 2 aromatic rings. The Morgan fingerprint density at radius 2 is 1.44 bits per heavy atom. The van der Waals surface area contributed by atoms with Crippen molar-refractivity contribution in [3.05, 3.63) is 71.3 Å². The van der Waals surface area contributed by atoms with Crippen molar-refractivity contribution in [1.29, 1.82) is 0 Å². The lowest BCUT2D eigenvalue weighted by atomic mass is 9.96. The van der Waals surface area contributed by atoms with Crippen LogP contribution in [0.15, 0.2) is 54.6 Å². The summed E-state index contributed by atoms with van der Waals surface area (Å²) >= 11 is 0. The van der Waals surface area contributed by atoms with E-state index in [2.05, 4.69) is 12.1 Å². The van der Waals surface area contributed by atoms with Crippen LogP contribution in [0.5, 0.6) is 0 Å². The van der Waals surface area contributed by atoms with Crippen LogP contribution in [-0.4, -0.2) is 47.8 Å². The molecule has 3 rings (SSSR count). The largest absolute Gasteiger partial charge is 0.416 e. The van der Waals surface area contributed by atoms with Crippen molar-refractivity contribution in [2.75, 3.05) is 26.2 Å². The van der Waals surface area contributed by atoms with Crippen molar-refractivity contribution >= 4 is 11.8 Å². The predicted molar refractivity (Wildman–Crippen MR) is 117 cm³/mol. The summed E-state index contributed by atoms with van der Waals surface area (Å²) in [5.74, 6) is -0.0952. The van der Waals surface area contributed by atoms with Gasteiger partial charge in [0.05, 0.1) is 5.56 Å². The van der Waals surface area contributed by atoms with E-state index in [0.717, 1.165) is 25.0 Å². The number of hydrogen-bond donors (Lipinski definition) is 0. The first-order valence-corrected chi connectivity index (χ1v) is 11.0. The minimum Gasteiger partial charge on any atom is -0.339 e. The number of piperazine rings is 1. The minimum atomic E-state index is -4.36. The molecule has 1 aliphatic heterocycles. The molecule has 4 nitrogen and oxygen atoms in total. The van der Waals surface area contributed by atoms with E-state index in [-0.39, 0.29) is 24.2 Å². The molecule has 1 fully saturated rings. The van der Waals surface area contributed by atoms with Crippen molar-refractivity contribution in [1.82, 2.24) is 9.80 Å². The van der Waals surface area contributed by atoms with Gasteiger partial charge in [-0.3, -0.25) is 9.59 Å². The number of nitrogens with zero attached hydrogens (tertiary/aromatic N) is 2. The standard InChI is InChI=1S/C25H29F3N2O2/c1-19(21-10-12-22(13-11-21)25(26,27)28)18-24(32)30-16-14-29(15-17-30)23(31)9-5-8-20-6-3-2-4-7-20/h2-4,6-7,10-13,19H,5,8-9,14-18H2,1H3. The summed E-state index contributed by atoms with van der Waals surface area (Å²) in [6, 6.07) is 15.1. The van der Waals surface area contributed by atoms with Crippen LogP contribution in [0.1, 0.15) is 48.8 Å². The van der Waals surface area contributed by atoms with Crippen LogP contribution in [0.4, 0.5) is 13.2 Å². The SMILES string of the molecule is CC(CC(=O)N1CCN(C(=O)CCCc2ccccc2)CC1)c1ccc(C(F)(F)F)cc1. The average Bonchev–Trinajstić information content (AvgIpc) is 2.79. The minimum absolute atomic E-state index is 0.0337. The third kappa shape index (κ3) is 6.58. The lowest BCUT2D eigenvalue weighted by molar-refractivity contribution is -0.139. The molecule has 2 amide bonds. The maximum atomic E-state index is 12.7. The van der Waals surface area contributed by atoms with Crippen molar-refractivity contribution in [3.63, 3.8) is 0 Å². The molecule has 0 aromatic heterocycles. The van der Waals surface area contributed by atoms with Crippen LogP contribution >= 0.6 is 0 Å². The second kappa shape index (κ2) is 10.7. The molecule has 0 saturated carbocycles. The molecule has 1 saturated heterocycles. The Labute approximate surface area is 187 Å². The smallest absolute Gasteiger partial charge is 0.339 e. The number of carbonyl (C=O) groups is 2. The zero-order valence-corrected chi connectivity index (χ0v) is 18.3. The Hall–Kier alpha value is -2.83. The molecule has 0 spiro atoms. The van der Waals surface area contributed by atoms with Gasteiger partial charge in [-0.05, 0) is 42.0 Å². The number of amides is 2. The highest BCUT2D eigenvalue weighted by atomic mass is 19.4. The lowest BCUT2D eigenvalue weighted by Crippen LogP contribution is -2.50. The first-order valence-electron chi connectivity index (χ1n) is 11.0. The molecular weight excluding hydrogens is 417 g/mol. The lowest BCUT2D eigenvalue weighted by Gasteiger charge is -2.35. The summed E-state index contributed by atoms with van der Waals surface area (Å²) in [6.45, 7) is 3.86. The van der Waals surface area contributed by atoms with Gasteiger partial charge in [-0.1, -0.05) is 49.4 Å². The fourth-order valence-electron chi connectivity index (χ4n) is 3.96. The van der Waals surface area contributed by atoms with Crippen molar-refractivity contribution in [2.24, 2.45) is 0 Å². The highest BCUT2D eigenvalue weighted by Gasteiger charge is 2.30. The van der Waals surface area contributed by atoms with Crippen molar-refractivity contribution in [3.8, 4) is 0 Å². The number of benzene rings is 2. The second-order valence-electron chi connectivity index (χ2n) is 8.33. The fourth-order valence-corrected chi connectivity index (χ4v) is 3.96. The summed E-state index contributed by atoms with van der Waals surface area (Å²) in [5, 5.41) is 0. The molecule has 1 heterocycles. The Balaban J connectivity index is 1.41. The Morgan fingerprint density at radius 1 is 0.875 bits per heavy atom. The molecule has 0 N–H and O–H groups in total. The molecule has 1 unspecified atom stereocenters. The topological polar surface area (TPSA) is 40.6 Å². The first kappa shape index (κ1) is 23.8. The summed E-state index contributed by atoms with van der Waals surface area (Å²) in [5.41, 5.74) is 1.24. The quantitative estimate of drug-likeness (QED) is 0.608. The number of carbonyl (C=O) groups excluding carboxylic acids is 2. The molecule has 0 radical (unpaired) electrons. The third-order valence-electron chi connectivity index (χ3n) is 5.97. The van der Waals surface area contributed by atoms with E-state index in [1.165, 1.54) is 17.7 Å². The molecule has 2 aromatic carbocycles. The van der Waals surface area contributed by atoms with Gasteiger partial charge in [0, 0.05) is 39.0 Å². The van der Waals surface area contributed by atoms with Crippen molar-refractivity contribution < 1.29 is 22.8 Å².